The van der Waals surface area contributed by atoms with E-state index in [0.29, 0.717) is 29.6 Å². The molecular formula is C22H20ClF3N4O. The summed E-state index contributed by atoms with van der Waals surface area (Å²) in [5, 5.41) is 8.86. The molecule has 5 nitrogen and oxygen atoms in total. The van der Waals surface area contributed by atoms with Crippen molar-refractivity contribution < 1.29 is 18.0 Å². The van der Waals surface area contributed by atoms with Crippen LogP contribution >= 0.6 is 11.6 Å². The average Bonchev–Trinajstić information content (AvgIpc) is 3.43. The first-order valence-electron chi connectivity index (χ1n) is 10.3. The number of carbonyl (C=O) groups excluding carboxylic acids is 1. The Balaban J connectivity index is 1.34. The maximum absolute atomic E-state index is 13.1. The summed E-state index contributed by atoms with van der Waals surface area (Å²) in [6, 6.07) is 9.91. The second kappa shape index (κ2) is 7.51. The Morgan fingerprint density at radius 1 is 1.13 bits per heavy atom. The highest BCUT2D eigenvalue weighted by atomic mass is 35.5. The molecule has 0 bridgehead atoms. The smallest absolute Gasteiger partial charge is 0.342 e. The predicted octanol–water partition coefficient (Wildman–Crippen LogP) is 4.91. The van der Waals surface area contributed by atoms with Gasteiger partial charge in [0.15, 0.2) is 5.65 Å². The molecule has 1 aliphatic heterocycles. The lowest BCUT2D eigenvalue weighted by molar-refractivity contribution is -0.138. The fraction of sp³-hybridized carbons (Fsp3) is 0.409. The fourth-order valence-corrected chi connectivity index (χ4v) is 4.84. The van der Waals surface area contributed by atoms with Crippen molar-refractivity contribution in [3.05, 3.63) is 64.6 Å². The molecule has 5 rings (SSSR count). The van der Waals surface area contributed by atoms with Crippen molar-refractivity contribution in [1.82, 2.24) is 19.5 Å². The molecule has 3 unspecified atom stereocenters. The number of fused-ring (bicyclic) bond motifs is 1. The van der Waals surface area contributed by atoms with Gasteiger partial charge in [0.2, 0.25) is 5.91 Å². The minimum Gasteiger partial charge on any atom is -0.342 e. The number of rotatable bonds is 3. The molecule has 0 radical (unpaired) electrons. The zero-order valence-corrected chi connectivity index (χ0v) is 17.3. The van der Waals surface area contributed by atoms with E-state index in [1.165, 1.54) is 10.5 Å². The summed E-state index contributed by atoms with van der Waals surface area (Å²) in [6.45, 7) is 1.08. The lowest BCUT2D eigenvalue weighted by Gasteiger charge is -2.32. The summed E-state index contributed by atoms with van der Waals surface area (Å²) in [5.41, 5.74) is 0.622. The van der Waals surface area contributed by atoms with Crippen LogP contribution in [0.3, 0.4) is 0 Å². The van der Waals surface area contributed by atoms with E-state index in [-0.39, 0.29) is 23.7 Å². The van der Waals surface area contributed by atoms with Crippen molar-refractivity contribution in [2.75, 3.05) is 13.1 Å². The predicted molar refractivity (Wildman–Crippen MR) is 109 cm³/mol. The Morgan fingerprint density at radius 2 is 1.94 bits per heavy atom. The fourth-order valence-electron chi connectivity index (χ4n) is 4.56. The molecule has 162 valence electrons. The van der Waals surface area contributed by atoms with E-state index in [4.69, 9.17) is 11.6 Å². The van der Waals surface area contributed by atoms with Crippen LogP contribution in [0.1, 0.15) is 48.0 Å². The van der Waals surface area contributed by atoms with Gasteiger partial charge in [-0.1, -0.05) is 29.8 Å². The number of aromatic nitrogens is 3. The highest BCUT2D eigenvalue weighted by Gasteiger charge is 2.47. The van der Waals surface area contributed by atoms with Crippen LogP contribution in [0, 0.1) is 5.92 Å². The quantitative estimate of drug-likeness (QED) is 0.572. The molecule has 9 heteroatoms. The number of hydrogen-bond donors (Lipinski definition) is 0. The number of pyridine rings is 1. The van der Waals surface area contributed by atoms with Crippen molar-refractivity contribution >= 4 is 23.2 Å². The number of nitrogens with zero attached hydrogens (tertiary/aromatic N) is 4. The van der Waals surface area contributed by atoms with E-state index in [9.17, 15) is 18.0 Å². The van der Waals surface area contributed by atoms with E-state index in [1.54, 1.807) is 0 Å². The minimum absolute atomic E-state index is 0.0828. The van der Waals surface area contributed by atoms with Gasteiger partial charge in [-0.3, -0.25) is 9.20 Å². The van der Waals surface area contributed by atoms with Gasteiger partial charge < -0.3 is 4.90 Å². The molecule has 0 N–H and O–H groups in total. The highest BCUT2D eigenvalue weighted by Crippen LogP contribution is 2.50. The van der Waals surface area contributed by atoms with Crippen molar-refractivity contribution in [1.29, 1.82) is 0 Å². The molecule has 1 amide bonds. The number of halogens is 4. The first-order chi connectivity index (χ1) is 14.8. The molecule has 2 aliphatic rings. The van der Waals surface area contributed by atoms with E-state index >= 15 is 0 Å². The first-order valence-corrected chi connectivity index (χ1v) is 10.7. The van der Waals surface area contributed by atoms with E-state index in [0.717, 1.165) is 37.1 Å². The number of alkyl halides is 3. The molecule has 3 aromatic rings. The molecule has 1 saturated heterocycles. The standard InChI is InChI=1S/C22H20ClF3N4O/c23-18-6-2-1-5-15(18)16-10-17(16)21(31)29-9-3-4-13(11-29)20-28-27-19-8-7-14(12-30(19)20)22(24,25)26/h1-2,5-8,12-13,16-17H,3-4,9-11H2. The molecule has 2 aromatic heterocycles. The second-order valence-electron chi connectivity index (χ2n) is 8.30. The van der Waals surface area contributed by atoms with Crippen molar-refractivity contribution in [2.24, 2.45) is 5.92 Å². The number of hydrogen-bond acceptors (Lipinski definition) is 3. The van der Waals surface area contributed by atoms with E-state index < -0.39 is 11.7 Å². The van der Waals surface area contributed by atoms with Crippen LogP contribution < -0.4 is 0 Å². The molecule has 3 atom stereocenters. The Labute approximate surface area is 181 Å². The molecule has 31 heavy (non-hydrogen) atoms. The third-order valence-corrected chi connectivity index (χ3v) is 6.61. The molecular weight excluding hydrogens is 429 g/mol. The van der Waals surface area contributed by atoms with Gasteiger partial charge in [-0.05, 0) is 48.9 Å². The molecule has 2 fully saturated rings. The van der Waals surface area contributed by atoms with Gasteiger partial charge in [-0.2, -0.15) is 13.2 Å². The van der Waals surface area contributed by atoms with Gasteiger partial charge in [-0.25, -0.2) is 0 Å². The second-order valence-corrected chi connectivity index (χ2v) is 8.70. The van der Waals surface area contributed by atoms with Crippen LogP contribution in [-0.4, -0.2) is 38.5 Å². The summed E-state index contributed by atoms with van der Waals surface area (Å²) < 4.78 is 40.9. The normalized spacial score (nSPS) is 23.9. The topological polar surface area (TPSA) is 50.5 Å². The van der Waals surface area contributed by atoms with Crippen molar-refractivity contribution in [2.45, 2.75) is 37.3 Å². The third kappa shape index (κ3) is 3.78. The summed E-state index contributed by atoms with van der Waals surface area (Å²) in [4.78, 5) is 14.9. The first kappa shape index (κ1) is 20.3. The number of piperidine rings is 1. The summed E-state index contributed by atoms with van der Waals surface area (Å²) in [6.07, 6.45) is -1.11. The van der Waals surface area contributed by atoms with Crippen LogP contribution in [0.15, 0.2) is 42.6 Å². The largest absolute Gasteiger partial charge is 0.417 e. The number of carbonyl (C=O) groups is 1. The molecule has 3 heterocycles. The van der Waals surface area contributed by atoms with Crippen LogP contribution in [-0.2, 0) is 11.0 Å². The number of amides is 1. The van der Waals surface area contributed by atoms with Gasteiger partial charge in [0.05, 0.1) is 5.56 Å². The minimum atomic E-state index is -4.44. The summed E-state index contributed by atoms with van der Waals surface area (Å²) in [7, 11) is 0. The van der Waals surface area contributed by atoms with Crippen LogP contribution in [0.5, 0.6) is 0 Å². The summed E-state index contributed by atoms with van der Waals surface area (Å²) in [5.74, 6) is 0.431. The molecule has 1 aromatic carbocycles. The van der Waals surface area contributed by atoms with Crippen molar-refractivity contribution in [3.8, 4) is 0 Å². The lowest BCUT2D eigenvalue weighted by Crippen LogP contribution is -2.40. The SMILES string of the molecule is O=C(C1CC1c1ccccc1Cl)N1CCCC(c2nnc3ccc(C(F)(F)F)cn23)C1. The van der Waals surface area contributed by atoms with Crippen LogP contribution in [0.25, 0.3) is 5.65 Å². The molecule has 1 saturated carbocycles. The Kier molecular flexibility index (Phi) is 4.92. The Hall–Kier alpha value is -2.61. The number of benzene rings is 1. The van der Waals surface area contributed by atoms with Gasteiger partial charge in [0.1, 0.15) is 5.82 Å². The summed E-state index contributed by atoms with van der Waals surface area (Å²) >= 11 is 6.28. The zero-order valence-electron chi connectivity index (χ0n) is 16.5. The highest BCUT2D eigenvalue weighted by molar-refractivity contribution is 6.31. The lowest BCUT2D eigenvalue weighted by atomic mass is 9.96. The van der Waals surface area contributed by atoms with Crippen LogP contribution in [0.2, 0.25) is 5.02 Å². The third-order valence-electron chi connectivity index (χ3n) is 6.27. The monoisotopic (exact) mass is 448 g/mol. The maximum Gasteiger partial charge on any atom is 0.417 e. The van der Waals surface area contributed by atoms with Gasteiger partial charge in [-0.15, -0.1) is 10.2 Å². The van der Waals surface area contributed by atoms with Gasteiger partial charge >= 0.3 is 6.18 Å². The molecule has 0 spiro atoms. The van der Waals surface area contributed by atoms with Crippen LogP contribution in [0.4, 0.5) is 13.2 Å². The van der Waals surface area contributed by atoms with E-state index in [1.807, 2.05) is 29.2 Å². The van der Waals surface area contributed by atoms with Crippen molar-refractivity contribution in [3.63, 3.8) is 0 Å². The molecule has 1 aliphatic carbocycles. The Bertz CT molecular complexity index is 1150. The van der Waals surface area contributed by atoms with E-state index in [2.05, 4.69) is 10.2 Å². The zero-order chi connectivity index (χ0) is 21.8. The average molecular weight is 449 g/mol. The number of likely N-dealkylation sites (tertiary alicyclic amines) is 1. The maximum atomic E-state index is 13.1. The van der Waals surface area contributed by atoms with Gasteiger partial charge in [0.25, 0.3) is 0 Å². The Morgan fingerprint density at radius 3 is 2.71 bits per heavy atom. The van der Waals surface area contributed by atoms with Gasteiger partial charge in [0, 0.05) is 36.1 Å².